The average Bonchev–Trinajstić information content (AvgIpc) is 2.68. The third kappa shape index (κ3) is 1.44. The van der Waals surface area contributed by atoms with Crippen molar-refractivity contribution in [1.82, 2.24) is 0 Å². The second-order valence-corrected chi connectivity index (χ2v) is 5.26. The first-order valence-electron chi connectivity index (χ1n) is 6.35. The van der Waals surface area contributed by atoms with Crippen molar-refractivity contribution < 1.29 is 0 Å². The molecule has 16 heavy (non-hydrogen) atoms. The number of fused-ring (bicyclic) bond motifs is 3. The van der Waals surface area contributed by atoms with Gasteiger partial charge in [-0.15, -0.1) is 0 Å². The van der Waals surface area contributed by atoms with Gasteiger partial charge in [0.1, 0.15) is 0 Å². The summed E-state index contributed by atoms with van der Waals surface area (Å²) in [5.41, 5.74) is 10.3. The molecule has 86 valence electrons. The Hall–Kier alpha value is -1.02. The lowest BCUT2D eigenvalue weighted by Crippen LogP contribution is -2.43. The van der Waals surface area contributed by atoms with E-state index in [9.17, 15) is 0 Å². The average molecular weight is 216 g/mol. The summed E-state index contributed by atoms with van der Waals surface area (Å²) < 4.78 is 0. The van der Waals surface area contributed by atoms with Crippen molar-refractivity contribution in [2.45, 2.75) is 32.2 Å². The SMILES string of the molecule is Cc1cccc2c1CC1CCC(CN)CN21. The quantitative estimate of drug-likeness (QED) is 0.779. The van der Waals surface area contributed by atoms with Gasteiger partial charge in [0.2, 0.25) is 0 Å². The van der Waals surface area contributed by atoms with E-state index in [2.05, 4.69) is 30.0 Å². The van der Waals surface area contributed by atoms with Gasteiger partial charge in [-0.05, 0) is 55.8 Å². The van der Waals surface area contributed by atoms with Crippen molar-refractivity contribution in [1.29, 1.82) is 0 Å². The van der Waals surface area contributed by atoms with Crippen LogP contribution in [0.3, 0.4) is 0 Å². The van der Waals surface area contributed by atoms with E-state index in [0.717, 1.165) is 19.1 Å². The fourth-order valence-corrected chi connectivity index (χ4v) is 3.26. The van der Waals surface area contributed by atoms with Gasteiger partial charge in [-0.2, -0.15) is 0 Å². The Labute approximate surface area is 97.4 Å². The van der Waals surface area contributed by atoms with Gasteiger partial charge in [-0.3, -0.25) is 0 Å². The molecule has 2 heteroatoms. The molecule has 2 atom stereocenters. The van der Waals surface area contributed by atoms with E-state index in [0.29, 0.717) is 5.92 Å². The molecule has 2 nitrogen and oxygen atoms in total. The Kier molecular flexibility index (Phi) is 2.40. The van der Waals surface area contributed by atoms with Crippen molar-refractivity contribution in [3.05, 3.63) is 29.3 Å². The van der Waals surface area contributed by atoms with Crippen LogP contribution in [-0.2, 0) is 6.42 Å². The third-order valence-electron chi connectivity index (χ3n) is 4.27. The van der Waals surface area contributed by atoms with Gasteiger partial charge in [-0.1, -0.05) is 12.1 Å². The van der Waals surface area contributed by atoms with Crippen LogP contribution in [0, 0.1) is 12.8 Å². The second-order valence-electron chi connectivity index (χ2n) is 5.26. The highest BCUT2D eigenvalue weighted by Gasteiger charge is 2.34. The zero-order valence-corrected chi connectivity index (χ0v) is 9.95. The molecule has 2 aliphatic rings. The van der Waals surface area contributed by atoms with Crippen LogP contribution >= 0.6 is 0 Å². The maximum absolute atomic E-state index is 5.81. The van der Waals surface area contributed by atoms with E-state index < -0.39 is 0 Å². The lowest BCUT2D eigenvalue weighted by atomic mass is 9.93. The first-order chi connectivity index (χ1) is 7.79. The van der Waals surface area contributed by atoms with Gasteiger partial charge in [0.25, 0.3) is 0 Å². The molecule has 1 aromatic rings. The predicted octanol–water partition coefficient (Wildman–Crippen LogP) is 2.09. The molecule has 0 amide bonds. The monoisotopic (exact) mass is 216 g/mol. The molecule has 2 N–H and O–H groups in total. The first kappa shape index (κ1) is 10.2. The van der Waals surface area contributed by atoms with Crippen molar-refractivity contribution in [2.24, 2.45) is 11.7 Å². The van der Waals surface area contributed by atoms with Crippen LogP contribution < -0.4 is 10.6 Å². The minimum atomic E-state index is 0.697. The molecule has 0 bridgehead atoms. The topological polar surface area (TPSA) is 29.3 Å². The molecule has 0 aromatic heterocycles. The second kappa shape index (κ2) is 3.77. The van der Waals surface area contributed by atoms with Gasteiger partial charge in [0.15, 0.2) is 0 Å². The van der Waals surface area contributed by atoms with Crippen LogP contribution in [0.2, 0.25) is 0 Å². The summed E-state index contributed by atoms with van der Waals surface area (Å²) in [5.74, 6) is 0.697. The van der Waals surface area contributed by atoms with Crippen LogP contribution in [0.1, 0.15) is 24.0 Å². The molecule has 1 saturated heterocycles. The predicted molar refractivity (Wildman–Crippen MR) is 67.8 cm³/mol. The number of anilines is 1. The molecular weight excluding hydrogens is 196 g/mol. The van der Waals surface area contributed by atoms with Gasteiger partial charge in [-0.25, -0.2) is 0 Å². The Morgan fingerprint density at radius 1 is 1.38 bits per heavy atom. The maximum Gasteiger partial charge on any atom is 0.0404 e. The van der Waals surface area contributed by atoms with E-state index in [-0.39, 0.29) is 0 Å². The molecule has 2 heterocycles. The molecule has 3 rings (SSSR count). The highest BCUT2D eigenvalue weighted by molar-refractivity contribution is 5.62. The Morgan fingerprint density at radius 3 is 3.06 bits per heavy atom. The number of aryl methyl sites for hydroxylation is 1. The maximum atomic E-state index is 5.81. The summed E-state index contributed by atoms with van der Waals surface area (Å²) in [6, 6.07) is 7.44. The van der Waals surface area contributed by atoms with Gasteiger partial charge < -0.3 is 10.6 Å². The molecule has 0 spiro atoms. The summed E-state index contributed by atoms with van der Waals surface area (Å²) in [4.78, 5) is 2.60. The number of nitrogens with zero attached hydrogens (tertiary/aromatic N) is 1. The number of hydrogen-bond donors (Lipinski definition) is 1. The normalized spacial score (nSPS) is 27.8. The molecule has 2 aliphatic heterocycles. The molecule has 2 unspecified atom stereocenters. The summed E-state index contributed by atoms with van der Waals surface area (Å²) in [5, 5.41) is 0. The van der Waals surface area contributed by atoms with E-state index in [1.807, 2.05) is 0 Å². The molecule has 1 fully saturated rings. The standard InChI is InChI=1S/C14H20N2/c1-10-3-2-4-14-13(10)7-12-6-5-11(8-15)9-16(12)14/h2-4,11-12H,5-9,15H2,1H3. The summed E-state index contributed by atoms with van der Waals surface area (Å²) in [7, 11) is 0. The minimum Gasteiger partial charge on any atom is -0.368 e. The minimum absolute atomic E-state index is 0.697. The van der Waals surface area contributed by atoms with Crippen LogP contribution in [0.15, 0.2) is 18.2 Å². The molecule has 0 aliphatic carbocycles. The highest BCUT2D eigenvalue weighted by Crippen LogP contribution is 2.39. The Bertz CT molecular complexity index is 400. The van der Waals surface area contributed by atoms with Crippen molar-refractivity contribution in [3.63, 3.8) is 0 Å². The highest BCUT2D eigenvalue weighted by atomic mass is 15.2. The smallest absolute Gasteiger partial charge is 0.0404 e. The Balaban J connectivity index is 1.94. The first-order valence-corrected chi connectivity index (χ1v) is 6.35. The summed E-state index contributed by atoms with van der Waals surface area (Å²) in [6.07, 6.45) is 3.87. The lowest BCUT2D eigenvalue weighted by Gasteiger charge is -2.36. The van der Waals surface area contributed by atoms with Crippen molar-refractivity contribution >= 4 is 5.69 Å². The summed E-state index contributed by atoms with van der Waals surface area (Å²) in [6.45, 7) is 4.24. The zero-order valence-electron chi connectivity index (χ0n) is 9.95. The molecule has 1 aromatic carbocycles. The number of piperidine rings is 1. The number of nitrogens with two attached hydrogens (primary N) is 1. The zero-order chi connectivity index (χ0) is 11.1. The third-order valence-corrected chi connectivity index (χ3v) is 4.27. The van der Waals surface area contributed by atoms with Crippen molar-refractivity contribution in [2.75, 3.05) is 18.0 Å². The van der Waals surface area contributed by atoms with E-state index in [1.54, 1.807) is 5.56 Å². The van der Waals surface area contributed by atoms with Gasteiger partial charge in [0.05, 0.1) is 0 Å². The van der Waals surface area contributed by atoms with Gasteiger partial charge in [0, 0.05) is 18.3 Å². The largest absolute Gasteiger partial charge is 0.368 e. The van der Waals surface area contributed by atoms with Crippen LogP contribution in [0.25, 0.3) is 0 Å². The lowest BCUT2D eigenvalue weighted by molar-refractivity contribution is 0.371. The van der Waals surface area contributed by atoms with Crippen LogP contribution in [-0.4, -0.2) is 19.1 Å². The molecular formula is C14H20N2. The van der Waals surface area contributed by atoms with E-state index in [4.69, 9.17) is 5.73 Å². The fourth-order valence-electron chi connectivity index (χ4n) is 3.26. The van der Waals surface area contributed by atoms with Crippen LogP contribution in [0.4, 0.5) is 5.69 Å². The number of benzene rings is 1. The van der Waals surface area contributed by atoms with Crippen LogP contribution in [0.5, 0.6) is 0 Å². The van der Waals surface area contributed by atoms with E-state index >= 15 is 0 Å². The molecule has 0 saturated carbocycles. The fraction of sp³-hybridized carbons (Fsp3) is 0.571. The number of hydrogen-bond acceptors (Lipinski definition) is 2. The van der Waals surface area contributed by atoms with E-state index in [1.165, 1.54) is 30.5 Å². The number of rotatable bonds is 1. The van der Waals surface area contributed by atoms with Gasteiger partial charge >= 0.3 is 0 Å². The van der Waals surface area contributed by atoms with Crippen molar-refractivity contribution in [3.8, 4) is 0 Å². The molecule has 0 radical (unpaired) electrons. The summed E-state index contributed by atoms with van der Waals surface area (Å²) >= 11 is 0. The Morgan fingerprint density at radius 2 is 2.25 bits per heavy atom.